The maximum absolute atomic E-state index is 12.2. The van der Waals surface area contributed by atoms with E-state index in [1.807, 2.05) is 48.5 Å². The SMILES string of the molecule is CC(C)(C)OC(=O)N1CCC(c2ncc(B3OC(C)(C)C(C)(C)O3)o2)CC1. The molecule has 2 fully saturated rings. The fourth-order valence-corrected chi connectivity index (χ4v) is 3.19. The van der Waals surface area contributed by atoms with Crippen LogP contribution in [0.4, 0.5) is 4.79 Å². The van der Waals surface area contributed by atoms with Gasteiger partial charge in [0.2, 0.25) is 0 Å². The van der Waals surface area contributed by atoms with E-state index in [0.717, 1.165) is 12.8 Å². The third-order valence-corrected chi connectivity index (χ3v) is 5.52. The van der Waals surface area contributed by atoms with Crippen molar-refractivity contribution in [1.82, 2.24) is 9.88 Å². The molecule has 2 saturated heterocycles. The van der Waals surface area contributed by atoms with Crippen LogP contribution >= 0.6 is 0 Å². The molecule has 0 atom stereocenters. The van der Waals surface area contributed by atoms with Crippen LogP contribution < -0.4 is 5.66 Å². The van der Waals surface area contributed by atoms with Crippen LogP contribution in [0, 0.1) is 0 Å². The standard InChI is InChI=1S/C19H31BN2O5/c1-17(2,3)25-16(23)22-10-8-13(9-11-22)15-21-12-14(24-15)20-26-18(4,5)19(6,7)27-20/h12-13H,8-11H2,1-7H3. The predicted molar refractivity (Wildman–Crippen MR) is 102 cm³/mol. The maximum atomic E-state index is 12.2. The van der Waals surface area contributed by atoms with Crippen LogP contribution in [-0.4, -0.2) is 53.0 Å². The predicted octanol–water partition coefficient (Wildman–Crippen LogP) is 3.09. The van der Waals surface area contributed by atoms with Crippen LogP contribution in [-0.2, 0) is 14.0 Å². The Kier molecular flexibility index (Phi) is 5.10. The number of rotatable bonds is 2. The first-order valence-corrected chi connectivity index (χ1v) is 9.67. The smallest absolute Gasteiger partial charge is 0.449 e. The molecular formula is C19H31BN2O5. The number of carbonyl (C=O) groups is 1. The van der Waals surface area contributed by atoms with E-state index >= 15 is 0 Å². The van der Waals surface area contributed by atoms with Gasteiger partial charge in [0.05, 0.1) is 17.4 Å². The summed E-state index contributed by atoms with van der Waals surface area (Å²) >= 11 is 0. The highest BCUT2D eigenvalue weighted by atomic mass is 16.7. The molecular weight excluding hydrogens is 347 g/mol. The molecule has 150 valence electrons. The Bertz CT molecular complexity index is 671. The fourth-order valence-electron chi connectivity index (χ4n) is 3.19. The minimum atomic E-state index is -0.543. The van der Waals surface area contributed by atoms with Crippen LogP contribution in [0.3, 0.4) is 0 Å². The molecule has 0 spiro atoms. The van der Waals surface area contributed by atoms with E-state index in [1.165, 1.54) is 0 Å². The minimum Gasteiger partial charge on any atom is -0.449 e. The van der Waals surface area contributed by atoms with Gasteiger partial charge in [0.1, 0.15) is 5.60 Å². The summed E-state index contributed by atoms with van der Waals surface area (Å²) in [4.78, 5) is 18.4. The lowest BCUT2D eigenvalue weighted by molar-refractivity contribution is 0.00578. The monoisotopic (exact) mass is 378 g/mol. The zero-order chi connectivity index (χ0) is 20.0. The zero-order valence-electron chi connectivity index (χ0n) is 17.5. The van der Waals surface area contributed by atoms with Gasteiger partial charge in [-0.05, 0) is 61.3 Å². The van der Waals surface area contributed by atoms with Crippen molar-refractivity contribution >= 4 is 18.9 Å². The number of ether oxygens (including phenoxy) is 1. The lowest BCUT2D eigenvalue weighted by Crippen LogP contribution is -2.41. The van der Waals surface area contributed by atoms with E-state index in [9.17, 15) is 4.79 Å². The first-order valence-electron chi connectivity index (χ1n) is 9.67. The first-order chi connectivity index (χ1) is 12.4. The van der Waals surface area contributed by atoms with Gasteiger partial charge in [-0.2, -0.15) is 0 Å². The molecule has 0 N–H and O–H groups in total. The second-order valence-corrected chi connectivity index (χ2v) is 9.43. The molecule has 1 aromatic rings. The van der Waals surface area contributed by atoms with Crippen LogP contribution in [0.25, 0.3) is 0 Å². The van der Waals surface area contributed by atoms with Crippen LogP contribution in [0.2, 0.25) is 0 Å². The Labute approximate surface area is 161 Å². The molecule has 8 heteroatoms. The van der Waals surface area contributed by atoms with E-state index in [0.29, 0.717) is 24.6 Å². The molecule has 3 heterocycles. The molecule has 2 aliphatic rings. The van der Waals surface area contributed by atoms with E-state index in [-0.39, 0.29) is 12.0 Å². The topological polar surface area (TPSA) is 74.0 Å². The number of piperidine rings is 1. The Balaban J connectivity index is 1.58. The van der Waals surface area contributed by atoms with Gasteiger partial charge in [-0.3, -0.25) is 0 Å². The zero-order valence-corrected chi connectivity index (χ0v) is 17.5. The van der Waals surface area contributed by atoms with E-state index in [1.54, 1.807) is 11.1 Å². The summed E-state index contributed by atoms with van der Waals surface area (Å²) < 4.78 is 23.5. The molecule has 1 amide bonds. The number of hydrogen-bond acceptors (Lipinski definition) is 6. The Morgan fingerprint density at radius 3 is 2.26 bits per heavy atom. The van der Waals surface area contributed by atoms with E-state index < -0.39 is 23.9 Å². The van der Waals surface area contributed by atoms with Crippen molar-refractivity contribution in [3.8, 4) is 0 Å². The van der Waals surface area contributed by atoms with Gasteiger partial charge in [-0.25, -0.2) is 9.78 Å². The number of oxazole rings is 1. The van der Waals surface area contributed by atoms with Crippen LogP contribution in [0.15, 0.2) is 10.6 Å². The number of aromatic nitrogens is 1. The summed E-state index contributed by atoms with van der Waals surface area (Å²) in [5.74, 6) is 0.864. The Morgan fingerprint density at radius 1 is 1.19 bits per heavy atom. The van der Waals surface area contributed by atoms with Crippen molar-refractivity contribution in [1.29, 1.82) is 0 Å². The summed E-state index contributed by atoms with van der Waals surface area (Å²) in [5, 5.41) is 0. The Hall–Kier alpha value is -1.54. The number of likely N-dealkylation sites (tertiary alicyclic amines) is 1. The lowest BCUT2D eigenvalue weighted by atomic mass is 9.87. The summed E-state index contributed by atoms with van der Waals surface area (Å²) in [6.45, 7) is 14.9. The second kappa shape index (κ2) is 6.81. The third-order valence-electron chi connectivity index (χ3n) is 5.52. The number of amides is 1. The molecule has 2 aliphatic heterocycles. The van der Waals surface area contributed by atoms with Gasteiger partial charge in [-0.1, -0.05) is 0 Å². The molecule has 0 unspecified atom stereocenters. The van der Waals surface area contributed by atoms with Gasteiger partial charge < -0.3 is 23.4 Å². The van der Waals surface area contributed by atoms with Crippen LogP contribution in [0.1, 0.15) is 73.1 Å². The van der Waals surface area contributed by atoms with Crippen molar-refractivity contribution in [3.63, 3.8) is 0 Å². The molecule has 0 radical (unpaired) electrons. The molecule has 27 heavy (non-hydrogen) atoms. The summed E-state index contributed by atoms with van der Waals surface area (Å²) in [6, 6.07) is 0. The van der Waals surface area contributed by atoms with Crippen molar-refractivity contribution < 1.29 is 23.3 Å². The quantitative estimate of drug-likeness (QED) is 0.737. The molecule has 0 bridgehead atoms. The lowest BCUT2D eigenvalue weighted by Gasteiger charge is -2.32. The molecule has 7 nitrogen and oxygen atoms in total. The fraction of sp³-hybridized carbons (Fsp3) is 0.789. The highest BCUT2D eigenvalue weighted by Gasteiger charge is 2.53. The average Bonchev–Trinajstić information content (AvgIpc) is 3.09. The second-order valence-electron chi connectivity index (χ2n) is 9.43. The molecule has 0 aromatic carbocycles. The van der Waals surface area contributed by atoms with Crippen molar-refractivity contribution in [2.45, 2.75) is 84.0 Å². The molecule has 0 aliphatic carbocycles. The molecule has 0 saturated carbocycles. The summed E-state index contributed by atoms with van der Waals surface area (Å²) in [7, 11) is -0.543. The average molecular weight is 378 g/mol. The highest BCUT2D eigenvalue weighted by molar-refractivity contribution is 6.60. The number of carbonyl (C=O) groups excluding carboxylic acids is 1. The minimum absolute atomic E-state index is 0.180. The van der Waals surface area contributed by atoms with Crippen LogP contribution in [0.5, 0.6) is 0 Å². The Morgan fingerprint density at radius 2 is 1.74 bits per heavy atom. The van der Waals surface area contributed by atoms with E-state index in [2.05, 4.69) is 4.98 Å². The van der Waals surface area contributed by atoms with Gasteiger partial charge in [0.25, 0.3) is 0 Å². The normalized spacial score (nSPS) is 22.9. The third kappa shape index (κ3) is 4.32. The number of hydrogen-bond donors (Lipinski definition) is 0. The molecule has 1 aromatic heterocycles. The highest BCUT2D eigenvalue weighted by Crippen LogP contribution is 2.37. The first kappa shape index (κ1) is 20.2. The summed E-state index contributed by atoms with van der Waals surface area (Å²) in [5.41, 5.74) is -0.709. The number of nitrogens with zero attached hydrogens (tertiary/aromatic N) is 2. The molecule has 3 rings (SSSR count). The van der Waals surface area contributed by atoms with Crippen molar-refractivity contribution in [2.75, 3.05) is 13.1 Å². The van der Waals surface area contributed by atoms with Gasteiger partial charge in [0, 0.05) is 19.0 Å². The largest absolute Gasteiger partial charge is 0.534 e. The van der Waals surface area contributed by atoms with Crippen molar-refractivity contribution in [2.24, 2.45) is 0 Å². The van der Waals surface area contributed by atoms with E-state index in [4.69, 9.17) is 18.5 Å². The van der Waals surface area contributed by atoms with Crippen molar-refractivity contribution in [3.05, 3.63) is 12.1 Å². The van der Waals surface area contributed by atoms with Gasteiger partial charge >= 0.3 is 13.2 Å². The maximum Gasteiger partial charge on any atom is 0.534 e. The van der Waals surface area contributed by atoms with Gasteiger partial charge in [0.15, 0.2) is 11.6 Å². The summed E-state index contributed by atoms with van der Waals surface area (Å²) in [6.07, 6.45) is 3.02. The van der Waals surface area contributed by atoms with Gasteiger partial charge in [-0.15, -0.1) is 0 Å².